The van der Waals surface area contributed by atoms with E-state index in [1.54, 1.807) is 0 Å². The van der Waals surface area contributed by atoms with Gasteiger partial charge in [-0.15, -0.1) is 0 Å². The van der Waals surface area contributed by atoms with Crippen LogP contribution in [0.5, 0.6) is 0 Å². The summed E-state index contributed by atoms with van der Waals surface area (Å²) in [6, 6.07) is 22.6. The third-order valence-corrected chi connectivity index (χ3v) is 19.2. The molecule has 0 radical (unpaired) electrons. The Hall–Kier alpha value is -1.59. The Bertz CT molecular complexity index is 1120. The molecule has 3 heterocycles. The third kappa shape index (κ3) is 6.84. The van der Waals surface area contributed by atoms with Crippen LogP contribution in [0.2, 0.25) is 26.2 Å². The zero-order valence-electron chi connectivity index (χ0n) is 24.0. The summed E-state index contributed by atoms with van der Waals surface area (Å²) in [5.41, 5.74) is 2.62. The molecule has 2 aliphatic heterocycles. The summed E-state index contributed by atoms with van der Waals surface area (Å²) in [5, 5.41) is 2.94. The van der Waals surface area contributed by atoms with Crippen molar-refractivity contribution in [2.75, 3.05) is 13.2 Å². The highest BCUT2D eigenvalue weighted by molar-refractivity contribution is 7.38. The summed E-state index contributed by atoms with van der Waals surface area (Å²) in [7, 11) is -3.84. The molecule has 2 aromatic carbocycles. The fourth-order valence-electron chi connectivity index (χ4n) is 5.84. The predicted octanol–water partition coefficient (Wildman–Crippen LogP) is 5.48. The van der Waals surface area contributed by atoms with Crippen molar-refractivity contribution >= 4 is 46.9 Å². The van der Waals surface area contributed by atoms with Crippen LogP contribution >= 0.6 is 11.3 Å². The molecule has 2 unspecified atom stereocenters. The van der Waals surface area contributed by atoms with Gasteiger partial charge in [0.2, 0.25) is 0 Å². The Morgan fingerprint density at radius 1 is 0.641 bits per heavy atom. The van der Waals surface area contributed by atoms with Gasteiger partial charge in [-0.25, -0.2) is 0 Å². The molecule has 4 nitrogen and oxygen atoms in total. The summed E-state index contributed by atoms with van der Waals surface area (Å²) in [4.78, 5) is 0. The summed E-state index contributed by atoms with van der Waals surface area (Å²) in [6.07, 6.45) is 6.53. The normalized spacial score (nSPS) is 20.7. The van der Waals surface area contributed by atoms with Gasteiger partial charge in [-0.05, 0) is 69.0 Å². The predicted molar refractivity (Wildman–Crippen MR) is 167 cm³/mol. The van der Waals surface area contributed by atoms with E-state index in [1.165, 1.54) is 43.3 Å². The van der Waals surface area contributed by atoms with Crippen LogP contribution in [0, 0.1) is 0 Å². The van der Waals surface area contributed by atoms with Crippen molar-refractivity contribution in [2.45, 2.75) is 90.5 Å². The molecule has 39 heavy (non-hydrogen) atoms. The summed E-state index contributed by atoms with van der Waals surface area (Å²) < 4.78 is 27.2. The van der Waals surface area contributed by atoms with Crippen LogP contribution in [0.3, 0.4) is 0 Å². The van der Waals surface area contributed by atoms with Crippen LogP contribution in [0.25, 0.3) is 0 Å². The zero-order valence-corrected chi connectivity index (χ0v) is 26.9. The number of hydrogen-bond donors (Lipinski definition) is 0. The minimum Gasteiger partial charge on any atom is -0.353 e. The Morgan fingerprint density at radius 3 is 1.49 bits per heavy atom. The molecular weight excluding hydrogens is 537 g/mol. The van der Waals surface area contributed by atoms with E-state index >= 15 is 0 Å². The van der Waals surface area contributed by atoms with Gasteiger partial charge in [0.1, 0.15) is 16.1 Å². The molecule has 0 N–H and O–H groups in total. The molecule has 0 amide bonds. The molecule has 7 heteroatoms. The van der Waals surface area contributed by atoms with Crippen molar-refractivity contribution < 1.29 is 18.9 Å². The van der Waals surface area contributed by atoms with Crippen molar-refractivity contribution in [3.05, 3.63) is 71.8 Å². The Labute approximate surface area is 240 Å². The molecule has 0 bridgehead atoms. The second-order valence-corrected chi connectivity index (χ2v) is 22.4. The topological polar surface area (TPSA) is 36.9 Å². The maximum atomic E-state index is 6.23. The molecule has 1 aromatic heterocycles. The first-order valence-corrected chi connectivity index (χ1v) is 21.4. The maximum absolute atomic E-state index is 6.23. The fraction of sp³-hybridized carbons (Fsp3) is 0.500. The van der Waals surface area contributed by atoms with E-state index in [9.17, 15) is 0 Å². The minimum absolute atomic E-state index is 0.0644. The van der Waals surface area contributed by atoms with Gasteiger partial charge in [-0.3, -0.25) is 0 Å². The van der Waals surface area contributed by atoms with Crippen molar-refractivity contribution in [3.8, 4) is 0 Å². The molecule has 210 valence electrons. The lowest BCUT2D eigenvalue weighted by Gasteiger charge is -2.28. The van der Waals surface area contributed by atoms with E-state index in [4.69, 9.17) is 18.9 Å². The van der Waals surface area contributed by atoms with Crippen molar-refractivity contribution in [2.24, 2.45) is 0 Å². The van der Waals surface area contributed by atoms with Crippen LogP contribution in [-0.2, 0) is 32.2 Å². The highest BCUT2D eigenvalue weighted by Crippen LogP contribution is 2.20. The Morgan fingerprint density at radius 2 is 1.08 bits per heavy atom. The van der Waals surface area contributed by atoms with E-state index in [1.807, 2.05) is 11.3 Å². The summed E-state index contributed by atoms with van der Waals surface area (Å²) in [5.74, 6) is 0. The van der Waals surface area contributed by atoms with Gasteiger partial charge in [-0.2, -0.15) is 11.3 Å². The van der Waals surface area contributed by atoms with Gasteiger partial charge >= 0.3 is 0 Å². The largest absolute Gasteiger partial charge is 0.353 e. The maximum Gasteiger partial charge on any atom is 0.158 e. The molecule has 0 spiro atoms. The van der Waals surface area contributed by atoms with E-state index in [2.05, 4.69) is 86.9 Å². The first kappa shape index (κ1) is 28.9. The average Bonchev–Trinajstić information content (AvgIpc) is 3.49. The van der Waals surface area contributed by atoms with Gasteiger partial charge in [0.15, 0.2) is 12.6 Å². The SMILES string of the molecule is C[Si](C)(c1ccc([Si](C)(C)c2ccccc2COC2CCCCO2)s1)c1ccccc1COC1CCCCO1. The van der Waals surface area contributed by atoms with Gasteiger partial charge in [0.25, 0.3) is 0 Å². The van der Waals surface area contributed by atoms with E-state index in [-0.39, 0.29) is 12.6 Å². The molecule has 0 aliphatic carbocycles. The quantitative estimate of drug-likeness (QED) is 0.298. The highest BCUT2D eigenvalue weighted by Gasteiger charge is 2.35. The first-order chi connectivity index (χ1) is 18.9. The first-order valence-electron chi connectivity index (χ1n) is 14.6. The average molecular weight is 581 g/mol. The number of rotatable bonds is 10. The second kappa shape index (κ2) is 12.9. The van der Waals surface area contributed by atoms with Crippen molar-refractivity contribution in [3.63, 3.8) is 0 Å². The number of ether oxygens (including phenoxy) is 4. The van der Waals surface area contributed by atoms with Crippen LogP contribution in [0.4, 0.5) is 0 Å². The smallest absolute Gasteiger partial charge is 0.158 e. The lowest BCUT2D eigenvalue weighted by atomic mass is 10.2. The molecular formula is C32H44O4SSi2. The van der Waals surface area contributed by atoms with Crippen molar-refractivity contribution in [1.82, 2.24) is 0 Å². The second-order valence-electron chi connectivity index (χ2n) is 11.9. The lowest BCUT2D eigenvalue weighted by molar-refractivity contribution is -0.169. The van der Waals surface area contributed by atoms with E-state index < -0.39 is 16.1 Å². The molecule has 2 aliphatic rings. The Balaban J connectivity index is 1.34. The number of thiophene rings is 1. The van der Waals surface area contributed by atoms with Crippen LogP contribution in [0.15, 0.2) is 60.7 Å². The van der Waals surface area contributed by atoms with Crippen LogP contribution in [-0.4, -0.2) is 41.9 Å². The van der Waals surface area contributed by atoms with Crippen LogP contribution < -0.4 is 19.4 Å². The number of benzene rings is 2. The fourth-order valence-corrected chi connectivity index (χ4v) is 14.5. The van der Waals surface area contributed by atoms with E-state index in [0.717, 1.165) is 38.9 Å². The Kier molecular flexibility index (Phi) is 9.59. The molecule has 2 atom stereocenters. The molecule has 3 aromatic rings. The van der Waals surface area contributed by atoms with Gasteiger partial charge in [0, 0.05) is 13.2 Å². The molecule has 0 saturated carbocycles. The van der Waals surface area contributed by atoms with Crippen molar-refractivity contribution in [1.29, 1.82) is 0 Å². The van der Waals surface area contributed by atoms with E-state index in [0.29, 0.717) is 13.2 Å². The lowest BCUT2D eigenvalue weighted by Crippen LogP contribution is -2.55. The van der Waals surface area contributed by atoms with Gasteiger partial charge in [0.05, 0.1) is 13.2 Å². The summed E-state index contributed by atoms with van der Waals surface area (Å²) >= 11 is 2.04. The zero-order chi connectivity index (χ0) is 27.3. The number of hydrogen-bond acceptors (Lipinski definition) is 5. The van der Waals surface area contributed by atoms with Gasteiger partial charge in [-0.1, -0.05) is 86.9 Å². The highest BCUT2D eigenvalue weighted by atomic mass is 32.1. The standard InChI is InChI=1S/C32H44O4SSi2/c1-38(2,27-15-7-5-13-25(27)23-35-29-17-9-11-21-33-29)31-19-20-32(37-31)39(3,4)28-16-8-6-14-26(28)24-36-30-18-10-12-22-34-30/h5-8,13-16,19-20,29-30H,9-12,17-18,21-24H2,1-4H3. The molecule has 2 saturated heterocycles. The summed E-state index contributed by atoms with van der Waals surface area (Å²) in [6.45, 7) is 12.8. The van der Waals surface area contributed by atoms with Crippen LogP contribution in [0.1, 0.15) is 49.7 Å². The minimum atomic E-state index is -1.92. The molecule has 5 rings (SSSR count). The third-order valence-electron chi connectivity index (χ3n) is 8.34. The molecule has 2 fully saturated rings. The van der Waals surface area contributed by atoms with Gasteiger partial charge < -0.3 is 18.9 Å². The monoisotopic (exact) mass is 580 g/mol.